The number of nitrogen functional groups attached to an aromatic ring is 1. The van der Waals surface area contributed by atoms with Crippen molar-refractivity contribution in [2.75, 3.05) is 5.73 Å². The van der Waals surface area contributed by atoms with Gasteiger partial charge in [-0.1, -0.05) is 24.3 Å². The molecule has 4 nitrogen and oxygen atoms in total. The van der Waals surface area contributed by atoms with Gasteiger partial charge in [-0.15, -0.1) is 0 Å². The molecule has 0 bridgehead atoms. The summed E-state index contributed by atoms with van der Waals surface area (Å²) in [6.45, 7) is 0.427. The Morgan fingerprint density at radius 2 is 1.81 bits per heavy atom. The minimum atomic E-state index is -0.170. The van der Waals surface area contributed by atoms with Crippen LogP contribution in [-0.4, -0.2) is 5.91 Å². The number of carbonyl (C=O) groups excluding carboxylic acids is 1. The molecule has 104 valence electrons. The molecular weight excluding hydrogens is 262 g/mol. The molecule has 0 unspecified atom stereocenters. The van der Waals surface area contributed by atoms with Gasteiger partial charge in [0.05, 0.1) is 11.6 Å². The number of nitrogens with two attached hydrogens (primary N) is 1. The molecule has 21 heavy (non-hydrogen) atoms. The molecule has 2 aromatic rings. The number of anilines is 1. The van der Waals surface area contributed by atoms with Crippen molar-refractivity contribution in [3.8, 4) is 6.07 Å². The minimum Gasteiger partial charge on any atom is -0.399 e. The molecule has 0 radical (unpaired) electrons. The summed E-state index contributed by atoms with van der Waals surface area (Å²) in [6.07, 6.45) is 3.21. The maximum atomic E-state index is 11.7. The smallest absolute Gasteiger partial charge is 0.244 e. The number of hydrogen-bond donors (Lipinski definition) is 2. The van der Waals surface area contributed by atoms with E-state index in [4.69, 9.17) is 11.0 Å². The van der Waals surface area contributed by atoms with E-state index in [1.807, 2.05) is 24.3 Å². The fraction of sp³-hybridized carbons (Fsp3) is 0.0588. The zero-order valence-corrected chi connectivity index (χ0v) is 11.4. The number of nitrogens with zero attached hydrogens (tertiary/aromatic N) is 1. The second-order valence-electron chi connectivity index (χ2n) is 4.53. The fourth-order valence-corrected chi connectivity index (χ4v) is 1.72. The Morgan fingerprint density at radius 1 is 1.14 bits per heavy atom. The number of hydrogen-bond acceptors (Lipinski definition) is 3. The van der Waals surface area contributed by atoms with Gasteiger partial charge < -0.3 is 11.1 Å². The van der Waals surface area contributed by atoms with Crippen molar-refractivity contribution in [1.82, 2.24) is 5.32 Å². The van der Waals surface area contributed by atoms with Crippen molar-refractivity contribution in [2.45, 2.75) is 6.54 Å². The Hall–Kier alpha value is -3.06. The van der Waals surface area contributed by atoms with Gasteiger partial charge in [-0.25, -0.2) is 0 Å². The average Bonchev–Trinajstić information content (AvgIpc) is 2.53. The van der Waals surface area contributed by atoms with Crippen LogP contribution in [0.2, 0.25) is 0 Å². The first-order valence-electron chi connectivity index (χ1n) is 6.48. The maximum Gasteiger partial charge on any atom is 0.244 e. The maximum absolute atomic E-state index is 11.7. The van der Waals surface area contributed by atoms with Crippen LogP contribution in [0.25, 0.3) is 6.08 Å². The van der Waals surface area contributed by atoms with E-state index in [0.717, 1.165) is 11.1 Å². The molecule has 0 saturated carbocycles. The van der Waals surface area contributed by atoms with Crippen molar-refractivity contribution in [3.05, 3.63) is 71.3 Å². The van der Waals surface area contributed by atoms with E-state index >= 15 is 0 Å². The Labute approximate surface area is 123 Å². The lowest BCUT2D eigenvalue weighted by molar-refractivity contribution is -0.116. The summed E-state index contributed by atoms with van der Waals surface area (Å²) >= 11 is 0. The zero-order chi connectivity index (χ0) is 15.1. The summed E-state index contributed by atoms with van der Waals surface area (Å²) in [6, 6.07) is 16.4. The van der Waals surface area contributed by atoms with Crippen LogP contribution in [0.1, 0.15) is 16.7 Å². The lowest BCUT2D eigenvalue weighted by atomic mass is 10.1. The Kier molecular flexibility index (Phi) is 4.73. The number of rotatable bonds is 4. The summed E-state index contributed by atoms with van der Waals surface area (Å²) < 4.78 is 0. The predicted molar refractivity (Wildman–Crippen MR) is 82.9 cm³/mol. The highest BCUT2D eigenvalue weighted by Crippen LogP contribution is 2.07. The van der Waals surface area contributed by atoms with E-state index in [0.29, 0.717) is 17.8 Å². The van der Waals surface area contributed by atoms with Crippen LogP contribution < -0.4 is 11.1 Å². The predicted octanol–water partition coefficient (Wildman–Crippen LogP) is 2.47. The molecule has 0 spiro atoms. The second-order valence-corrected chi connectivity index (χ2v) is 4.53. The summed E-state index contributed by atoms with van der Waals surface area (Å²) in [5.41, 5.74) is 8.75. The molecular formula is C17H15N3O. The van der Waals surface area contributed by atoms with E-state index < -0.39 is 0 Å². The monoisotopic (exact) mass is 277 g/mol. The van der Waals surface area contributed by atoms with Gasteiger partial charge >= 0.3 is 0 Å². The van der Waals surface area contributed by atoms with Crippen LogP contribution >= 0.6 is 0 Å². The molecule has 0 aliphatic rings. The van der Waals surface area contributed by atoms with E-state index in [2.05, 4.69) is 11.4 Å². The molecule has 3 N–H and O–H groups in total. The molecule has 0 atom stereocenters. The van der Waals surface area contributed by atoms with Gasteiger partial charge in [0.15, 0.2) is 0 Å². The summed E-state index contributed by atoms with van der Waals surface area (Å²) in [5.74, 6) is -0.170. The number of amides is 1. The summed E-state index contributed by atoms with van der Waals surface area (Å²) in [4.78, 5) is 11.7. The summed E-state index contributed by atoms with van der Waals surface area (Å²) in [5, 5.41) is 11.5. The van der Waals surface area contributed by atoms with Crippen molar-refractivity contribution in [1.29, 1.82) is 5.26 Å². The molecule has 0 aliphatic carbocycles. The van der Waals surface area contributed by atoms with Gasteiger partial charge in [0, 0.05) is 18.3 Å². The highest BCUT2D eigenvalue weighted by Gasteiger charge is 1.97. The fourth-order valence-electron chi connectivity index (χ4n) is 1.72. The molecule has 0 aromatic heterocycles. The molecule has 4 heteroatoms. The number of nitriles is 1. The third-order valence-corrected chi connectivity index (χ3v) is 2.91. The number of nitrogens with one attached hydrogen (secondary N) is 1. The molecule has 0 saturated heterocycles. The minimum absolute atomic E-state index is 0.170. The standard InChI is InChI=1S/C17H15N3O/c18-11-14-1-3-15(4-2-14)12-20-17(21)10-7-13-5-8-16(19)9-6-13/h1-10H,12,19H2,(H,20,21)/b10-7+. The molecule has 0 aliphatic heterocycles. The van der Waals surface area contributed by atoms with Crippen LogP contribution in [0.5, 0.6) is 0 Å². The van der Waals surface area contributed by atoms with Gasteiger partial charge in [0.25, 0.3) is 0 Å². The van der Waals surface area contributed by atoms with Crippen molar-refractivity contribution < 1.29 is 4.79 Å². The van der Waals surface area contributed by atoms with E-state index in [9.17, 15) is 4.79 Å². The SMILES string of the molecule is N#Cc1ccc(CNC(=O)/C=C/c2ccc(N)cc2)cc1. The first-order chi connectivity index (χ1) is 10.2. The van der Waals surface area contributed by atoms with Crippen LogP contribution in [0.3, 0.4) is 0 Å². The molecule has 2 rings (SSSR count). The van der Waals surface area contributed by atoms with Gasteiger partial charge in [0.2, 0.25) is 5.91 Å². The van der Waals surface area contributed by atoms with Crippen molar-refractivity contribution >= 4 is 17.7 Å². The van der Waals surface area contributed by atoms with Gasteiger partial charge in [-0.3, -0.25) is 4.79 Å². The molecule has 1 amide bonds. The number of benzene rings is 2. The van der Waals surface area contributed by atoms with E-state index in [1.54, 1.807) is 30.3 Å². The largest absolute Gasteiger partial charge is 0.399 e. The van der Waals surface area contributed by atoms with Gasteiger partial charge in [-0.2, -0.15) is 5.26 Å². The third-order valence-electron chi connectivity index (χ3n) is 2.91. The molecule has 2 aromatic carbocycles. The Morgan fingerprint density at radius 3 is 2.43 bits per heavy atom. The normalized spacial score (nSPS) is 10.2. The Bertz CT molecular complexity index is 679. The number of carbonyl (C=O) groups is 1. The molecule has 0 fully saturated rings. The average molecular weight is 277 g/mol. The van der Waals surface area contributed by atoms with Crippen LogP contribution in [-0.2, 0) is 11.3 Å². The van der Waals surface area contributed by atoms with Crippen molar-refractivity contribution in [3.63, 3.8) is 0 Å². The van der Waals surface area contributed by atoms with E-state index in [-0.39, 0.29) is 5.91 Å². The highest BCUT2D eigenvalue weighted by atomic mass is 16.1. The van der Waals surface area contributed by atoms with Crippen LogP contribution in [0.4, 0.5) is 5.69 Å². The van der Waals surface area contributed by atoms with Crippen molar-refractivity contribution in [2.24, 2.45) is 0 Å². The quantitative estimate of drug-likeness (QED) is 0.665. The second kappa shape index (κ2) is 6.92. The summed E-state index contributed by atoms with van der Waals surface area (Å²) in [7, 11) is 0. The zero-order valence-electron chi connectivity index (χ0n) is 11.4. The lowest BCUT2D eigenvalue weighted by Crippen LogP contribution is -2.20. The first-order valence-corrected chi connectivity index (χ1v) is 6.48. The Balaban J connectivity index is 1.86. The van der Waals surface area contributed by atoms with Gasteiger partial charge in [0.1, 0.15) is 0 Å². The van der Waals surface area contributed by atoms with E-state index in [1.165, 1.54) is 6.08 Å². The highest BCUT2D eigenvalue weighted by molar-refractivity contribution is 5.91. The third kappa shape index (κ3) is 4.51. The molecule has 0 heterocycles. The van der Waals surface area contributed by atoms with Crippen LogP contribution in [0, 0.1) is 11.3 Å². The first kappa shape index (κ1) is 14.4. The lowest BCUT2D eigenvalue weighted by Gasteiger charge is -2.02. The topological polar surface area (TPSA) is 78.9 Å². The van der Waals surface area contributed by atoms with Gasteiger partial charge in [-0.05, 0) is 41.5 Å². The van der Waals surface area contributed by atoms with Crippen LogP contribution in [0.15, 0.2) is 54.6 Å².